The number of aromatic nitrogens is 2. The molecule has 4 atom stereocenters. The van der Waals surface area contributed by atoms with Crippen LogP contribution in [0.3, 0.4) is 0 Å². The van der Waals surface area contributed by atoms with E-state index >= 15 is 0 Å². The van der Waals surface area contributed by atoms with Gasteiger partial charge in [0.15, 0.2) is 0 Å². The zero-order valence-electron chi connectivity index (χ0n) is 9.62. The number of ether oxygens (including phenoxy) is 1. The molecule has 1 unspecified atom stereocenters. The lowest BCUT2D eigenvalue weighted by atomic mass is 10.0. The van der Waals surface area contributed by atoms with Crippen molar-refractivity contribution in [2.24, 2.45) is 0 Å². The van der Waals surface area contributed by atoms with Gasteiger partial charge in [-0.1, -0.05) is 0 Å². The molecule has 0 radical (unpaired) electrons. The maximum absolute atomic E-state index is 11.6. The van der Waals surface area contributed by atoms with Crippen LogP contribution in [0, 0.1) is 0 Å². The van der Waals surface area contributed by atoms with Gasteiger partial charge in [-0.25, -0.2) is 4.79 Å². The molecule has 2 rings (SSSR count). The Morgan fingerprint density at radius 3 is 2.72 bits per heavy atom. The molecule has 1 aliphatic rings. The number of H-pyrrole nitrogens is 2. The number of nitrogens with one attached hydrogen (secondary N) is 2. The Morgan fingerprint density at radius 1 is 1.39 bits per heavy atom. The summed E-state index contributed by atoms with van der Waals surface area (Å²) in [6, 6.07) is 0. The summed E-state index contributed by atoms with van der Waals surface area (Å²) < 4.78 is 4.94. The smallest absolute Gasteiger partial charge is 0.325 e. The maximum atomic E-state index is 11.6. The highest BCUT2D eigenvalue weighted by Crippen LogP contribution is 2.43. The zero-order chi connectivity index (χ0) is 13.3. The van der Waals surface area contributed by atoms with E-state index in [-0.39, 0.29) is 17.4 Å². The third-order valence-electron chi connectivity index (χ3n) is 2.85. The van der Waals surface area contributed by atoms with E-state index in [0.717, 1.165) is 0 Å². The van der Waals surface area contributed by atoms with Gasteiger partial charge in [-0.2, -0.15) is 0 Å². The molecule has 1 aromatic heterocycles. The predicted octanol–water partition coefficient (Wildman–Crippen LogP) is -1.41. The lowest BCUT2D eigenvalue weighted by molar-refractivity contribution is 0.0155. The van der Waals surface area contributed by atoms with E-state index in [0.29, 0.717) is 0 Å². The summed E-state index contributed by atoms with van der Waals surface area (Å²) in [5.74, 6) is 0. The van der Waals surface area contributed by atoms with Crippen LogP contribution in [0.4, 0.5) is 0 Å². The van der Waals surface area contributed by atoms with Gasteiger partial charge in [-0.05, 0) is 0 Å². The van der Waals surface area contributed by atoms with E-state index < -0.39 is 28.7 Å². The van der Waals surface area contributed by atoms with Crippen LogP contribution >= 0.6 is 11.8 Å². The maximum Gasteiger partial charge on any atom is 0.325 e. The van der Waals surface area contributed by atoms with Crippen molar-refractivity contribution in [3.05, 3.63) is 32.6 Å². The summed E-state index contributed by atoms with van der Waals surface area (Å²) in [6.07, 6.45) is -0.766. The fourth-order valence-corrected chi connectivity index (χ4v) is 3.50. The van der Waals surface area contributed by atoms with Gasteiger partial charge in [-0.15, -0.1) is 11.8 Å². The van der Waals surface area contributed by atoms with E-state index in [2.05, 4.69) is 9.97 Å². The lowest BCUT2D eigenvalue weighted by Gasteiger charge is -2.14. The molecule has 1 fully saturated rings. The van der Waals surface area contributed by atoms with Crippen molar-refractivity contribution in [3.63, 3.8) is 0 Å². The van der Waals surface area contributed by atoms with Gasteiger partial charge in [0, 0.05) is 18.9 Å². The summed E-state index contributed by atoms with van der Waals surface area (Å²) in [4.78, 5) is 27.0. The van der Waals surface area contributed by atoms with Gasteiger partial charge in [0.25, 0.3) is 5.56 Å². The molecule has 0 amide bonds. The summed E-state index contributed by atoms with van der Waals surface area (Å²) in [5, 5.41) is 18.9. The average molecular weight is 274 g/mol. The SMILES string of the molecule is COC[C@H]1S[C@@H](c2c[nH]c(=O)[nH]c2=O)[C@@H](O)C1O. The highest BCUT2D eigenvalue weighted by atomic mass is 32.2. The molecular formula is C10H14N2O5S. The van der Waals surface area contributed by atoms with Crippen LogP contribution in [0.15, 0.2) is 15.8 Å². The second-order valence-corrected chi connectivity index (χ2v) is 5.44. The standard InChI is InChI=1S/C10H14N2O5S/c1-17-3-5-6(13)7(14)8(18-5)4-2-11-10(16)12-9(4)15/h2,5-8,13-14H,3H2,1H3,(H2,11,12,15,16)/t5-,6?,7+,8+/m1/s1. The number of rotatable bonds is 3. The van der Waals surface area contributed by atoms with E-state index in [1.807, 2.05) is 0 Å². The Bertz CT molecular complexity index is 527. The summed E-state index contributed by atoms with van der Waals surface area (Å²) in [5.41, 5.74) is -0.916. The predicted molar refractivity (Wildman–Crippen MR) is 65.7 cm³/mol. The first-order chi connectivity index (χ1) is 8.54. The fourth-order valence-electron chi connectivity index (χ4n) is 1.94. The average Bonchev–Trinajstić information content (AvgIpc) is 2.58. The van der Waals surface area contributed by atoms with Crippen molar-refractivity contribution in [2.75, 3.05) is 13.7 Å². The molecule has 18 heavy (non-hydrogen) atoms. The highest BCUT2D eigenvalue weighted by Gasteiger charge is 2.43. The number of aromatic amines is 2. The molecule has 2 heterocycles. The largest absolute Gasteiger partial charge is 0.389 e. The second-order valence-electron chi connectivity index (χ2n) is 4.06. The minimum Gasteiger partial charge on any atom is -0.389 e. The summed E-state index contributed by atoms with van der Waals surface area (Å²) in [6.45, 7) is 0.278. The minimum atomic E-state index is -1.07. The third kappa shape index (κ3) is 2.37. The minimum absolute atomic E-state index is 0.241. The van der Waals surface area contributed by atoms with Crippen LogP contribution < -0.4 is 11.2 Å². The van der Waals surface area contributed by atoms with Crippen LogP contribution in [0.25, 0.3) is 0 Å². The Hall–Kier alpha value is -1.09. The van der Waals surface area contributed by atoms with Crippen LogP contribution in [-0.2, 0) is 4.74 Å². The van der Waals surface area contributed by atoms with Crippen molar-refractivity contribution in [3.8, 4) is 0 Å². The lowest BCUT2D eigenvalue weighted by Crippen LogP contribution is -2.34. The van der Waals surface area contributed by atoms with Crippen molar-refractivity contribution in [2.45, 2.75) is 22.7 Å². The van der Waals surface area contributed by atoms with Gasteiger partial charge >= 0.3 is 5.69 Å². The Balaban J connectivity index is 2.29. The molecule has 0 aliphatic carbocycles. The number of methoxy groups -OCH3 is 1. The topological polar surface area (TPSA) is 115 Å². The number of hydrogen-bond donors (Lipinski definition) is 4. The van der Waals surface area contributed by atoms with Gasteiger partial charge < -0.3 is 19.9 Å². The van der Waals surface area contributed by atoms with Gasteiger partial charge in [0.1, 0.15) is 0 Å². The Kier molecular flexibility index (Phi) is 3.91. The zero-order valence-corrected chi connectivity index (χ0v) is 10.4. The van der Waals surface area contributed by atoms with Crippen molar-refractivity contribution >= 4 is 11.8 Å². The number of aliphatic hydroxyl groups excluding tert-OH is 2. The fraction of sp³-hybridized carbons (Fsp3) is 0.600. The third-order valence-corrected chi connectivity index (χ3v) is 4.44. The van der Waals surface area contributed by atoms with E-state index in [4.69, 9.17) is 4.74 Å². The normalized spacial score (nSPS) is 31.7. The molecule has 0 saturated carbocycles. The molecule has 1 aromatic rings. The number of hydrogen-bond acceptors (Lipinski definition) is 6. The first-order valence-corrected chi connectivity index (χ1v) is 6.31. The van der Waals surface area contributed by atoms with Gasteiger partial charge in [-0.3, -0.25) is 9.78 Å². The Labute approximate surface area is 106 Å². The number of thioether (sulfide) groups is 1. The monoisotopic (exact) mass is 274 g/mol. The molecule has 0 bridgehead atoms. The Morgan fingerprint density at radius 2 is 2.11 bits per heavy atom. The number of aliphatic hydroxyl groups is 2. The molecule has 7 nitrogen and oxygen atoms in total. The first kappa shape index (κ1) is 13.3. The van der Waals surface area contributed by atoms with Gasteiger partial charge in [0.05, 0.1) is 29.3 Å². The molecule has 0 spiro atoms. The van der Waals surface area contributed by atoms with Crippen LogP contribution in [0.2, 0.25) is 0 Å². The summed E-state index contributed by atoms with van der Waals surface area (Å²) in [7, 11) is 1.50. The molecule has 100 valence electrons. The van der Waals surface area contributed by atoms with Gasteiger partial charge in [0.2, 0.25) is 0 Å². The van der Waals surface area contributed by atoms with E-state index in [9.17, 15) is 19.8 Å². The molecule has 8 heteroatoms. The van der Waals surface area contributed by atoms with Crippen LogP contribution in [0.5, 0.6) is 0 Å². The quantitative estimate of drug-likeness (QED) is 0.538. The molecule has 4 N–H and O–H groups in total. The first-order valence-electron chi connectivity index (χ1n) is 5.37. The molecule has 0 aromatic carbocycles. The van der Waals surface area contributed by atoms with E-state index in [1.165, 1.54) is 25.1 Å². The van der Waals surface area contributed by atoms with Crippen molar-refractivity contribution in [1.29, 1.82) is 0 Å². The highest BCUT2D eigenvalue weighted by molar-refractivity contribution is 8.00. The van der Waals surface area contributed by atoms with E-state index in [1.54, 1.807) is 0 Å². The van der Waals surface area contributed by atoms with Crippen molar-refractivity contribution in [1.82, 2.24) is 9.97 Å². The molecule has 1 aliphatic heterocycles. The molecule has 1 saturated heterocycles. The van der Waals surface area contributed by atoms with Crippen LogP contribution in [0.1, 0.15) is 10.8 Å². The van der Waals surface area contributed by atoms with Crippen molar-refractivity contribution < 1.29 is 14.9 Å². The molecular weight excluding hydrogens is 260 g/mol. The second kappa shape index (κ2) is 5.27. The van der Waals surface area contributed by atoms with Crippen LogP contribution in [-0.4, -0.2) is 51.4 Å². The summed E-state index contributed by atoms with van der Waals surface area (Å²) >= 11 is 1.26.